The molecule has 0 spiro atoms. The molecule has 0 saturated carbocycles. The van der Waals surface area contributed by atoms with Gasteiger partial charge in [0.05, 0.1) is 6.04 Å². The van der Waals surface area contributed by atoms with Crippen LogP contribution in [-0.2, 0) is 11.3 Å². The molecule has 0 bridgehead atoms. The normalized spacial score (nSPS) is 12.2. The van der Waals surface area contributed by atoms with Crippen molar-refractivity contribution >= 4 is 5.91 Å². The number of primary amides is 1. The lowest BCUT2D eigenvalue weighted by Gasteiger charge is -2.21. The summed E-state index contributed by atoms with van der Waals surface area (Å²) in [7, 11) is 1.87. The molecule has 0 aliphatic carbocycles. The van der Waals surface area contributed by atoms with Crippen LogP contribution in [-0.4, -0.2) is 30.5 Å². The second-order valence-corrected chi connectivity index (χ2v) is 4.24. The monoisotopic (exact) mass is 248 g/mol. The highest BCUT2D eigenvalue weighted by molar-refractivity contribution is 5.79. The molecule has 0 heterocycles. The van der Waals surface area contributed by atoms with E-state index < -0.39 is 0 Å². The van der Waals surface area contributed by atoms with Crippen LogP contribution in [0.1, 0.15) is 12.5 Å². The summed E-state index contributed by atoms with van der Waals surface area (Å²) >= 11 is 0. The summed E-state index contributed by atoms with van der Waals surface area (Å²) in [5, 5.41) is 0. The van der Waals surface area contributed by atoms with E-state index in [1.807, 2.05) is 36.2 Å². The van der Waals surface area contributed by atoms with Gasteiger partial charge in [0.25, 0.3) is 0 Å². The van der Waals surface area contributed by atoms with Crippen molar-refractivity contribution in [1.82, 2.24) is 4.90 Å². The smallest absolute Gasteiger partial charge is 0.234 e. The summed E-state index contributed by atoms with van der Waals surface area (Å²) in [6, 6.07) is 7.48. The lowest BCUT2D eigenvalue weighted by Crippen LogP contribution is -2.39. The summed E-state index contributed by atoms with van der Waals surface area (Å²) < 4.78 is 5.40. The molecule has 18 heavy (non-hydrogen) atoms. The van der Waals surface area contributed by atoms with Crippen molar-refractivity contribution in [1.29, 1.82) is 0 Å². The first-order chi connectivity index (χ1) is 8.54. The van der Waals surface area contributed by atoms with Crippen LogP contribution in [0.3, 0.4) is 0 Å². The minimum Gasteiger partial charge on any atom is -0.490 e. The third kappa shape index (κ3) is 4.22. The fourth-order valence-electron chi connectivity index (χ4n) is 1.49. The maximum atomic E-state index is 11.1. The SMILES string of the molecule is C=CCOc1ccc(CN(C)[C@@H](C)C(N)=O)cc1. The Kier molecular flexibility index (Phi) is 5.39. The van der Waals surface area contributed by atoms with E-state index >= 15 is 0 Å². The molecule has 98 valence electrons. The number of hydrogen-bond acceptors (Lipinski definition) is 3. The lowest BCUT2D eigenvalue weighted by molar-refractivity contribution is -0.122. The van der Waals surface area contributed by atoms with Crippen molar-refractivity contribution in [3.05, 3.63) is 42.5 Å². The van der Waals surface area contributed by atoms with Gasteiger partial charge in [-0.3, -0.25) is 9.69 Å². The number of benzene rings is 1. The Hall–Kier alpha value is -1.81. The summed E-state index contributed by atoms with van der Waals surface area (Å²) in [5.74, 6) is 0.493. The van der Waals surface area contributed by atoms with Gasteiger partial charge in [-0.15, -0.1) is 0 Å². The molecule has 0 aromatic heterocycles. The molecule has 0 saturated heterocycles. The number of nitrogens with zero attached hydrogens (tertiary/aromatic N) is 1. The predicted molar refractivity (Wildman–Crippen MR) is 72.3 cm³/mol. The van der Waals surface area contributed by atoms with Gasteiger partial charge in [0.2, 0.25) is 5.91 Å². The van der Waals surface area contributed by atoms with Crippen molar-refractivity contribution < 1.29 is 9.53 Å². The van der Waals surface area contributed by atoms with E-state index in [4.69, 9.17) is 10.5 Å². The molecule has 1 aromatic carbocycles. The number of amides is 1. The number of carbonyl (C=O) groups is 1. The number of nitrogens with two attached hydrogens (primary N) is 1. The van der Waals surface area contributed by atoms with Crippen LogP contribution in [0.15, 0.2) is 36.9 Å². The summed E-state index contributed by atoms with van der Waals surface area (Å²) in [6.45, 7) is 6.56. The van der Waals surface area contributed by atoms with Gasteiger partial charge in [-0.1, -0.05) is 24.8 Å². The number of likely N-dealkylation sites (N-methyl/N-ethyl adjacent to an activating group) is 1. The number of rotatable bonds is 7. The van der Waals surface area contributed by atoms with Gasteiger partial charge in [0.1, 0.15) is 12.4 Å². The minimum absolute atomic E-state index is 0.276. The van der Waals surface area contributed by atoms with Crippen molar-refractivity contribution in [3.8, 4) is 5.75 Å². The predicted octanol–water partition coefficient (Wildman–Crippen LogP) is 1.56. The lowest BCUT2D eigenvalue weighted by atomic mass is 10.2. The third-order valence-corrected chi connectivity index (χ3v) is 2.80. The summed E-state index contributed by atoms with van der Waals surface area (Å²) in [4.78, 5) is 13.0. The Bertz CT molecular complexity index is 401. The molecule has 0 radical (unpaired) electrons. The molecule has 4 nitrogen and oxygen atoms in total. The first kappa shape index (κ1) is 14.3. The second-order valence-electron chi connectivity index (χ2n) is 4.24. The summed E-state index contributed by atoms with van der Waals surface area (Å²) in [6.07, 6.45) is 1.70. The third-order valence-electron chi connectivity index (χ3n) is 2.80. The molecule has 4 heteroatoms. The molecule has 0 unspecified atom stereocenters. The number of carbonyl (C=O) groups excluding carboxylic acids is 1. The minimum atomic E-state index is -0.316. The van der Waals surface area contributed by atoms with E-state index in [0.717, 1.165) is 11.3 Å². The van der Waals surface area contributed by atoms with E-state index in [1.165, 1.54) is 0 Å². The van der Waals surface area contributed by atoms with Gasteiger partial charge in [-0.2, -0.15) is 0 Å². The van der Waals surface area contributed by atoms with Crippen LogP contribution in [0.4, 0.5) is 0 Å². The van der Waals surface area contributed by atoms with Gasteiger partial charge in [-0.05, 0) is 31.7 Å². The molecule has 1 amide bonds. The van der Waals surface area contributed by atoms with Crippen molar-refractivity contribution in [2.75, 3.05) is 13.7 Å². The zero-order valence-electron chi connectivity index (χ0n) is 10.9. The fraction of sp³-hybridized carbons (Fsp3) is 0.357. The average molecular weight is 248 g/mol. The highest BCUT2D eigenvalue weighted by atomic mass is 16.5. The Morgan fingerprint density at radius 2 is 2.11 bits per heavy atom. The molecule has 2 N–H and O–H groups in total. The van der Waals surface area contributed by atoms with Crippen LogP contribution in [0.25, 0.3) is 0 Å². The zero-order chi connectivity index (χ0) is 13.5. The zero-order valence-corrected chi connectivity index (χ0v) is 10.9. The van der Waals surface area contributed by atoms with E-state index in [9.17, 15) is 4.79 Å². The van der Waals surface area contributed by atoms with Crippen molar-refractivity contribution in [2.45, 2.75) is 19.5 Å². The quantitative estimate of drug-likeness (QED) is 0.745. The van der Waals surface area contributed by atoms with Gasteiger partial charge in [0.15, 0.2) is 0 Å². The van der Waals surface area contributed by atoms with E-state index in [0.29, 0.717) is 13.2 Å². The standard InChI is InChI=1S/C14H20N2O2/c1-4-9-18-13-7-5-12(6-8-13)10-16(3)11(2)14(15)17/h4-8,11H,1,9-10H2,2-3H3,(H2,15,17)/t11-/m0/s1. The average Bonchev–Trinajstić information content (AvgIpc) is 2.36. The molecular weight excluding hydrogens is 228 g/mol. The molecule has 0 aliphatic heterocycles. The number of ether oxygens (including phenoxy) is 1. The highest BCUT2D eigenvalue weighted by Crippen LogP contribution is 2.14. The molecule has 1 aromatic rings. The van der Waals surface area contributed by atoms with Gasteiger partial charge < -0.3 is 10.5 Å². The van der Waals surface area contributed by atoms with Crippen LogP contribution >= 0.6 is 0 Å². The maximum absolute atomic E-state index is 11.1. The van der Waals surface area contributed by atoms with Crippen LogP contribution in [0.5, 0.6) is 5.75 Å². The Morgan fingerprint density at radius 1 is 1.50 bits per heavy atom. The summed E-state index contributed by atoms with van der Waals surface area (Å²) in [5.41, 5.74) is 6.37. The van der Waals surface area contributed by atoms with Gasteiger partial charge in [0, 0.05) is 6.54 Å². The number of hydrogen-bond donors (Lipinski definition) is 1. The molecule has 0 fully saturated rings. The topological polar surface area (TPSA) is 55.6 Å². The Balaban J connectivity index is 2.57. The molecule has 1 atom stereocenters. The Morgan fingerprint density at radius 3 is 2.61 bits per heavy atom. The van der Waals surface area contributed by atoms with Crippen molar-refractivity contribution in [2.24, 2.45) is 5.73 Å². The second kappa shape index (κ2) is 6.81. The largest absolute Gasteiger partial charge is 0.490 e. The first-order valence-electron chi connectivity index (χ1n) is 5.86. The van der Waals surface area contributed by atoms with Crippen molar-refractivity contribution in [3.63, 3.8) is 0 Å². The van der Waals surface area contributed by atoms with E-state index in [1.54, 1.807) is 13.0 Å². The van der Waals surface area contributed by atoms with Gasteiger partial charge >= 0.3 is 0 Å². The fourth-order valence-corrected chi connectivity index (χ4v) is 1.49. The van der Waals surface area contributed by atoms with Crippen LogP contribution in [0.2, 0.25) is 0 Å². The van der Waals surface area contributed by atoms with Crippen LogP contribution in [0, 0.1) is 0 Å². The maximum Gasteiger partial charge on any atom is 0.234 e. The Labute approximate surface area is 108 Å². The van der Waals surface area contributed by atoms with Gasteiger partial charge in [-0.25, -0.2) is 0 Å². The van der Waals surface area contributed by atoms with E-state index in [-0.39, 0.29) is 11.9 Å². The van der Waals surface area contributed by atoms with Crippen LogP contribution < -0.4 is 10.5 Å². The molecule has 1 rings (SSSR count). The molecule has 0 aliphatic rings. The first-order valence-corrected chi connectivity index (χ1v) is 5.86. The molecular formula is C14H20N2O2. The van der Waals surface area contributed by atoms with E-state index in [2.05, 4.69) is 6.58 Å². The highest BCUT2D eigenvalue weighted by Gasteiger charge is 2.14.